The molecule has 0 aromatic heterocycles. The van der Waals surface area contributed by atoms with E-state index in [9.17, 15) is 33.9 Å². The van der Waals surface area contributed by atoms with E-state index < -0.39 is 41.9 Å². The Morgan fingerprint density at radius 2 is 1.12 bits per heavy atom. The van der Waals surface area contributed by atoms with Gasteiger partial charge in [-0.25, -0.2) is 4.79 Å². The Morgan fingerprint density at radius 3 is 1.59 bits per heavy atom. The van der Waals surface area contributed by atoms with Crippen LogP contribution < -0.4 is 21.7 Å². The van der Waals surface area contributed by atoms with Gasteiger partial charge in [0.1, 0.15) is 6.04 Å². The number of nitrogens with one attached hydrogen (secondary N) is 3. The van der Waals surface area contributed by atoms with Crippen molar-refractivity contribution >= 4 is 35.4 Å². The zero-order valence-electron chi connectivity index (χ0n) is 29.6. The Balaban J connectivity index is 2.18. The summed E-state index contributed by atoms with van der Waals surface area (Å²) in [7, 11) is 0. The number of benzene rings is 1. The fourth-order valence-corrected chi connectivity index (χ4v) is 5.49. The number of primary amides is 1. The molecule has 0 saturated heterocycles. The van der Waals surface area contributed by atoms with Gasteiger partial charge in [0.2, 0.25) is 17.7 Å². The second-order valence-corrected chi connectivity index (χ2v) is 13.1. The molecule has 0 fully saturated rings. The molecule has 0 radical (unpaired) electrons. The highest BCUT2D eigenvalue weighted by molar-refractivity contribution is 5.91. The minimum atomic E-state index is -1.23. The van der Waals surface area contributed by atoms with Gasteiger partial charge in [0, 0.05) is 19.3 Å². The number of ketones is 1. The molecule has 1 aromatic rings. The number of carbonyl (C=O) groups is 6. The molecule has 0 spiro atoms. The van der Waals surface area contributed by atoms with Crippen LogP contribution in [-0.4, -0.2) is 70.3 Å². The molecule has 276 valence electrons. The highest BCUT2D eigenvalue weighted by Gasteiger charge is 2.23. The monoisotopic (exact) mass is 688 g/mol. The van der Waals surface area contributed by atoms with Gasteiger partial charge in [-0.15, -0.1) is 0 Å². The minimum absolute atomic E-state index is 0.112. The number of carboxylic acid groups (broad SMARTS) is 2. The van der Waals surface area contributed by atoms with Crippen molar-refractivity contribution in [2.45, 2.75) is 154 Å². The van der Waals surface area contributed by atoms with Gasteiger partial charge in [0.05, 0.1) is 18.6 Å². The number of rotatable bonds is 30. The molecule has 12 heteroatoms. The fraction of sp³-hybridized carbons (Fsp3) is 0.676. The summed E-state index contributed by atoms with van der Waals surface area (Å²) in [5.74, 6) is -3.78. The van der Waals surface area contributed by atoms with Crippen LogP contribution in [-0.2, 0) is 35.2 Å². The Hall–Kier alpha value is -3.80. The van der Waals surface area contributed by atoms with Crippen LogP contribution in [0.4, 0.5) is 0 Å². The van der Waals surface area contributed by atoms with Crippen molar-refractivity contribution in [3.8, 4) is 0 Å². The zero-order valence-corrected chi connectivity index (χ0v) is 29.6. The summed E-state index contributed by atoms with van der Waals surface area (Å²) in [6.45, 7) is 3.28. The number of unbranched alkanes of at least 4 members (excludes halogenated alkanes) is 13. The number of hydrogen-bond donors (Lipinski definition) is 6. The number of hydrogen-bond acceptors (Lipinski definition) is 7. The summed E-state index contributed by atoms with van der Waals surface area (Å²) in [5.41, 5.74) is 7.47. The van der Waals surface area contributed by atoms with Crippen LogP contribution in [0.5, 0.6) is 0 Å². The number of aliphatic carboxylic acids is 2. The summed E-state index contributed by atoms with van der Waals surface area (Å²) in [6.07, 6.45) is 15.5. The Labute approximate surface area is 291 Å². The summed E-state index contributed by atoms with van der Waals surface area (Å²) < 4.78 is 0. The molecule has 7 N–H and O–H groups in total. The topological polar surface area (TPSA) is 205 Å². The van der Waals surface area contributed by atoms with Gasteiger partial charge < -0.3 is 26.6 Å². The van der Waals surface area contributed by atoms with Gasteiger partial charge >= 0.3 is 11.9 Å². The summed E-state index contributed by atoms with van der Waals surface area (Å²) in [5, 5.41) is 26.1. The van der Waals surface area contributed by atoms with Crippen molar-refractivity contribution in [2.24, 2.45) is 5.73 Å². The van der Waals surface area contributed by atoms with Gasteiger partial charge in [-0.3, -0.25) is 29.3 Å². The first-order chi connectivity index (χ1) is 23.4. The predicted molar refractivity (Wildman–Crippen MR) is 189 cm³/mol. The second kappa shape index (κ2) is 26.1. The Morgan fingerprint density at radius 1 is 0.653 bits per heavy atom. The van der Waals surface area contributed by atoms with E-state index >= 15 is 0 Å². The minimum Gasteiger partial charge on any atom is -0.481 e. The molecule has 0 aliphatic heterocycles. The Bertz CT molecular complexity index is 1160. The average molecular weight is 689 g/mol. The first-order valence-corrected chi connectivity index (χ1v) is 18.0. The highest BCUT2D eigenvalue weighted by Crippen LogP contribution is 2.14. The van der Waals surface area contributed by atoms with Crippen molar-refractivity contribution < 1.29 is 39.0 Å². The SMILES string of the molecule is Cc1ccc(C[C@H](NCC(=O)[C@H](C)NC(=O)CC[C@H](NC(=O)CCCCCCCCCCCCCCCCC(=O)O)C(=O)O)C(N)=O)cc1. The van der Waals surface area contributed by atoms with Crippen molar-refractivity contribution in [1.29, 1.82) is 0 Å². The standard InChI is InChI=1S/C37H60N4O8/c1-27-19-21-29(22-20-27)25-31(36(38)47)39-26-32(42)28(2)40-34(44)24-23-30(37(48)49)41-33(43)17-15-13-11-9-7-5-3-4-6-8-10-12-14-16-18-35(45)46/h19-22,28,30-31,39H,3-18,23-26H2,1-2H3,(H2,38,47)(H,40,44)(H,41,43)(H,45,46)(H,48,49)/t28-,30-,31-/m0/s1. The van der Waals surface area contributed by atoms with Crippen molar-refractivity contribution in [3.05, 3.63) is 35.4 Å². The molecule has 0 bridgehead atoms. The van der Waals surface area contributed by atoms with Crippen LogP contribution in [0.1, 0.15) is 134 Å². The molecule has 0 unspecified atom stereocenters. The fourth-order valence-electron chi connectivity index (χ4n) is 5.49. The summed E-state index contributed by atoms with van der Waals surface area (Å²) >= 11 is 0. The third-order valence-corrected chi connectivity index (χ3v) is 8.62. The molecular weight excluding hydrogens is 628 g/mol. The van der Waals surface area contributed by atoms with E-state index in [1.807, 2.05) is 31.2 Å². The molecule has 3 atom stereocenters. The lowest BCUT2D eigenvalue weighted by atomic mass is 10.0. The highest BCUT2D eigenvalue weighted by atomic mass is 16.4. The van der Waals surface area contributed by atoms with E-state index in [1.165, 1.54) is 45.4 Å². The van der Waals surface area contributed by atoms with E-state index in [0.717, 1.165) is 56.1 Å². The van der Waals surface area contributed by atoms with Gasteiger partial charge in [-0.1, -0.05) is 107 Å². The van der Waals surface area contributed by atoms with E-state index in [2.05, 4.69) is 16.0 Å². The molecule has 12 nitrogen and oxygen atoms in total. The van der Waals surface area contributed by atoms with Crippen molar-refractivity contribution in [1.82, 2.24) is 16.0 Å². The zero-order chi connectivity index (χ0) is 36.4. The molecule has 1 aromatic carbocycles. The number of nitrogens with two attached hydrogens (primary N) is 1. The van der Waals surface area contributed by atoms with Gasteiger partial charge in [0.15, 0.2) is 5.78 Å². The van der Waals surface area contributed by atoms with E-state index in [0.29, 0.717) is 12.8 Å². The second-order valence-electron chi connectivity index (χ2n) is 13.1. The normalized spacial score (nSPS) is 12.9. The molecule has 49 heavy (non-hydrogen) atoms. The lowest BCUT2D eigenvalue weighted by Crippen LogP contribution is -2.49. The van der Waals surface area contributed by atoms with E-state index in [-0.39, 0.29) is 43.9 Å². The maximum atomic E-state index is 12.6. The first kappa shape index (κ1) is 43.2. The number of carboxylic acids is 2. The van der Waals surface area contributed by atoms with Crippen LogP contribution in [0.25, 0.3) is 0 Å². The Kier molecular flexibility index (Phi) is 23.0. The maximum Gasteiger partial charge on any atom is 0.326 e. The quantitative estimate of drug-likeness (QED) is 0.0617. The van der Waals surface area contributed by atoms with Crippen LogP contribution >= 0.6 is 0 Å². The number of amides is 3. The van der Waals surface area contributed by atoms with Crippen LogP contribution in [0.15, 0.2) is 24.3 Å². The molecule has 0 aliphatic carbocycles. The number of carbonyl (C=O) groups excluding carboxylic acids is 4. The van der Waals surface area contributed by atoms with Crippen LogP contribution in [0.2, 0.25) is 0 Å². The number of Topliss-reactive ketones (excluding diaryl/α,β-unsaturated/α-hetero) is 1. The predicted octanol–water partition coefficient (Wildman–Crippen LogP) is 4.73. The van der Waals surface area contributed by atoms with E-state index in [4.69, 9.17) is 10.8 Å². The molecule has 3 amide bonds. The van der Waals surface area contributed by atoms with Crippen LogP contribution in [0.3, 0.4) is 0 Å². The van der Waals surface area contributed by atoms with Gasteiger partial charge in [0.25, 0.3) is 0 Å². The van der Waals surface area contributed by atoms with E-state index in [1.54, 1.807) is 0 Å². The molecule has 0 aliphatic rings. The summed E-state index contributed by atoms with van der Waals surface area (Å²) in [6, 6.07) is 4.78. The van der Waals surface area contributed by atoms with Crippen molar-refractivity contribution in [2.75, 3.05) is 6.54 Å². The first-order valence-electron chi connectivity index (χ1n) is 18.0. The number of aryl methyl sites for hydroxylation is 1. The average Bonchev–Trinajstić information content (AvgIpc) is 3.04. The largest absolute Gasteiger partial charge is 0.481 e. The molecular formula is C37H60N4O8. The van der Waals surface area contributed by atoms with Gasteiger partial charge in [-0.05, 0) is 45.1 Å². The lowest BCUT2D eigenvalue weighted by Gasteiger charge is -2.18. The van der Waals surface area contributed by atoms with Gasteiger partial charge in [-0.2, -0.15) is 0 Å². The summed E-state index contributed by atoms with van der Waals surface area (Å²) in [4.78, 5) is 71.5. The van der Waals surface area contributed by atoms with Crippen molar-refractivity contribution in [3.63, 3.8) is 0 Å². The molecule has 0 saturated carbocycles. The smallest absolute Gasteiger partial charge is 0.326 e. The van der Waals surface area contributed by atoms with Crippen LogP contribution in [0, 0.1) is 6.92 Å². The lowest BCUT2D eigenvalue weighted by molar-refractivity contribution is -0.142. The molecule has 0 heterocycles. The molecule has 1 rings (SSSR count). The third kappa shape index (κ3) is 22.5. The third-order valence-electron chi connectivity index (χ3n) is 8.62. The maximum absolute atomic E-state index is 12.6.